The summed E-state index contributed by atoms with van der Waals surface area (Å²) in [5.74, 6) is -2.40. The van der Waals surface area contributed by atoms with Gasteiger partial charge in [-0.25, -0.2) is 0 Å². The number of aliphatic hydroxyl groups excluding tert-OH is 1. The average molecular weight is 525 g/mol. The molecule has 3 saturated heterocycles. The van der Waals surface area contributed by atoms with E-state index in [4.69, 9.17) is 9.47 Å². The molecule has 1 aromatic carbocycles. The summed E-state index contributed by atoms with van der Waals surface area (Å²) in [7, 11) is 0. The molecule has 0 radical (unpaired) electrons. The number of hydrogen-bond donors (Lipinski definition) is 1. The number of hydrogen-bond acceptors (Lipinski definition) is 6. The maximum absolute atomic E-state index is 14.5. The fraction of sp³-hybridized carbons (Fsp3) is 0.567. The molecule has 1 aromatic rings. The number of allylic oxidation sites excluding steroid dienone is 1. The summed E-state index contributed by atoms with van der Waals surface area (Å²) in [6.45, 7) is 12.3. The number of esters is 1. The van der Waals surface area contributed by atoms with Crippen LogP contribution >= 0.6 is 0 Å². The number of likely N-dealkylation sites (tertiary alicyclic amines) is 1. The Morgan fingerprint density at radius 3 is 2.61 bits per heavy atom. The van der Waals surface area contributed by atoms with E-state index in [9.17, 15) is 19.5 Å². The molecular weight excluding hydrogens is 484 g/mol. The van der Waals surface area contributed by atoms with Gasteiger partial charge in [0.1, 0.15) is 11.6 Å². The number of benzene rings is 1. The normalized spacial score (nSPS) is 27.3. The highest BCUT2D eigenvalue weighted by Gasteiger charge is 2.75. The van der Waals surface area contributed by atoms with E-state index in [1.807, 2.05) is 32.0 Å². The SMILES string of the molecule is C=CCCCOC(=O)[C@@H]1[C@H]2C(=O)N(CCCCO)C(C(=O)N(CC=C)c3c(C)cccc3C)C23CC[C@H]1O3. The second-order valence-electron chi connectivity index (χ2n) is 10.6. The molecule has 5 atom stereocenters. The number of carbonyl (C=O) groups excluding carboxylic acids is 3. The quantitative estimate of drug-likeness (QED) is 0.241. The minimum Gasteiger partial charge on any atom is -0.465 e. The largest absolute Gasteiger partial charge is 0.465 e. The van der Waals surface area contributed by atoms with Crippen LogP contribution in [0.25, 0.3) is 0 Å². The molecule has 3 heterocycles. The maximum Gasteiger partial charge on any atom is 0.312 e. The zero-order chi connectivity index (χ0) is 27.4. The smallest absolute Gasteiger partial charge is 0.312 e. The summed E-state index contributed by atoms with van der Waals surface area (Å²) in [6, 6.07) is 5.00. The van der Waals surface area contributed by atoms with Gasteiger partial charge in [-0.3, -0.25) is 14.4 Å². The first kappa shape index (κ1) is 28.0. The Kier molecular flexibility index (Phi) is 8.73. The van der Waals surface area contributed by atoms with Crippen LogP contribution in [0.15, 0.2) is 43.5 Å². The van der Waals surface area contributed by atoms with E-state index < -0.39 is 35.6 Å². The molecule has 4 rings (SSSR count). The highest BCUT2D eigenvalue weighted by Crippen LogP contribution is 2.59. The Balaban J connectivity index is 1.71. The van der Waals surface area contributed by atoms with Gasteiger partial charge in [0, 0.05) is 25.4 Å². The van der Waals surface area contributed by atoms with Crippen LogP contribution in [-0.2, 0) is 23.9 Å². The lowest BCUT2D eigenvalue weighted by molar-refractivity contribution is -0.155. The first-order chi connectivity index (χ1) is 18.3. The van der Waals surface area contributed by atoms with Crippen LogP contribution in [0.2, 0.25) is 0 Å². The standard InChI is InChI=1S/C30H40N2O6/c1-5-7-10-19-37-29(36)23-22-14-15-30(38-22)24(23)27(34)32(17-8-9-18-33)26(30)28(35)31(16-6-2)25-20(3)12-11-13-21(25)4/h5-6,11-13,22-24,26,33H,1-2,7-10,14-19H2,3-4H3/t22-,23+,24+,26?,30?/m1/s1. The number of ether oxygens (including phenoxy) is 2. The van der Waals surface area contributed by atoms with E-state index in [0.717, 1.165) is 23.2 Å². The van der Waals surface area contributed by atoms with Gasteiger partial charge in [-0.1, -0.05) is 30.4 Å². The van der Waals surface area contributed by atoms with Crippen molar-refractivity contribution in [2.24, 2.45) is 11.8 Å². The van der Waals surface area contributed by atoms with Gasteiger partial charge in [-0.05, 0) is 63.5 Å². The third kappa shape index (κ3) is 4.80. The van der Waals surface area contributed by atoms with E-state index in [1.54, 1.807) is 22.0 Å². The molecule has 2 unspecified atom stereocenters. The van der Waals surface area contributed by atoms with Crippen molar-refractivity contribution in [1.29, 1.82) is 0 Å². The van der Waals surface area contributed by atoms with Crippen molar-refractivity contribution in [2.45, 2.75) is 70.1 Å². The second kappa shape index (κ2) is 11.8. The molecule has 2 amide bonds. The fourth-order valence-electron chi connectivity index (χ4n) is 6.63. The van der Waals surface area contributed by atoms with Crippen molar-refractivity contribution in [1.82, 2.24) is 4.90 Å². The van der Waals surface area contributed by atoms with Gasteiger partial charge in [0.25, 0.3) is 5.91 Å². The van der Waals surface area contributed by atoms with Gasteiger partial charge in [0.05, 0.1) is 24.5 Å². The number of fused-ring (bicyclic) bond motifs is 1. The monoisotopic (exact) mass is 524 g/mol. The topological polar surface area (TPSA) is 96.4 Å². The maximum atomic E-state index is 14.5. The van der Waals surface area contributed by atoms with E-state index >= 15 is 0 Å². The molecule has 3 fully saturated rings. The molecule has 8 heteroatoms. The van der Waals surface area contributed by atoms with Crippen LogP contribution in [0.5, 0.6) is 0 Å². The Hall–Kier alpha value is -2.97. The van der Waals surface area contributed by atoms with Gasteiger partial charge in [0.2, 0.25) is 5.91 Å². The molecule has 1 N–H and O–H groups in total. The summed E-state index contributed by atoms with van der Waals surface area (Å²) in [5, 5.41) is 9.37. The Morgan fingerprint density at radius 2 is 1.95 bits per heavy atom. The number of carbonyl (C=O) groups is 3. The van der Waals surface area contributed by atoms with E-state index in [-0.39, 0.29) is 31.6 Å². The van der Waals surface area contributed by atoms with Gasteiger partial charge in [-0.15, -0.1) is 13.2 Å². The number of anilines is 1. The number of nitrogens with zero attached hydrogens (tertiary/aromatic N) is 2. The Morgan fingerprint density at radius 1 is 1.21 bits per heavy atom. The number of para-hydroxylation sites is 1. The fourth-order valence-corrected chi connectivity index (χ4v) is 6.63. The molecule has 3 aliphatic rings. The molecule has 0 saturated carbocycles. The molecular formula is C30H40N2O6. The minimum atomic E-state index is -1.08. The molecule has 0 aliphatic carbocycles. The zero-order valence-electron chi connectivity index (χ0n) is 22.6. The van der Waals surface area contributed by atoms with E-state index in [2.05, 4.69) is 13.2 Å². The number of aliphatic hydroxyl groups is 1. The molecule has 0 aromatic heterocycles. The molecule has 38 heavy (non-hydrogen) atoms. The summed E-state index contributed by atoms with van der Waals surface area (Å²) in [5.41, 5.74) is 1.61. The van der Waals surface area contributed by atoms with Gasteiger partial charge in [0.15, 0.2) is 0 Å². The van der Waals surface area contributed by atoms with Crippen LogP contribution in [0.4, 0.5) is 5.69 Å². The second-order valence-corrected chi connectivity index (χ2v) is 10.6. The minimum absolute atomic E-state index is 0.00155. The van der Waals surface area contributed by atoms with Crippen molar-refractivity contribution in [2.75, 3.05) is 31.2 Å². The summed E-state index contributed by atoms with van der Waals surface area (Å²) >= 11 is 0. The number of rotatable bonds is 13. The van der Waals surface area contributed by atoms with Crippen LogP contribution in [0.1, 0.15) is 49.7 Å². The van der Waals surface area contributed by atoms with Crippen LogP contribution in [-0.4, -0.2) is 71.8 Å². The lowest BCUT2D eigenvalue weighted by atomic mass is 9.70. The molecule has 8 nitrogen and oxygen atoms in total. The van der Waals surface area contributed by atoms with Crippen molar-refractivity contribution in [3.63, 3.8) is 0 Å². The molecule has 1 spiro atoms. The van der Waals surface area contributed by atoms with Gasteiger partial charge < -0.3 is 24.4 Å². The first-order valence-electron chi connectivity index (χ1n) is 13.7. The molecule has 2 bridgehead atoms. The predicted octanol–water partition coefficient (Wildman–Crippen LogP) is 3.48. The van der Waals surface area contributed by atoms with Crippen LogP contribution in [0, 0.1) is 25.7 Å². The van der Waals surface area contributed by atoms with Gasteiger partial charge in [-0.2, -0.15) is 0 Å². The third-order valence-electron chi connectivity index (χ3n) is 8.20. The van der Waals surface area contributed by atoms with Crippen molar-refractivity contribution in [3.05, 3.63) is 54.6 Å². The van der Waals surface area contributed by atoms with Crippen LogP contribution < -0.4 is 4.90 Å². The van der Waals surface area contributed by atoms with E-state index in [1.165, 1.54) is 0 Å². The number of amides is 2. The molecule has 3 aliphatic heterocycles. The number of aryl methyl sites for hydroxylation is 2. The first-order valence-corrected chi connectivity index (χ1v) is 13.7. The third-order valence-corrected chi connectivity index (χ3v) is 8.20. The van der Waals surface area contributed by atoms with Gasteiger partial charge >= 0.3 is 5.97 Å². The van der Waals surface area contributed by atoms with Crippen LogP contribution in [0.3, 0.4) is 0 Å². The lowest BCUT2D eigenvalue weighted by Crippen LogP contribution is -2.56. The highest BCUT2D eigenvalue weighted by molar-refractivity contribution is 6.05. The number of unbranched alkanes of at least 4 members (excludes halogenated alkanes) is 2. The Bertz CT molecular complexity index is 1070. The van der Waals surface area contributed by atoms with E-state index in [0.29, 0.717) is 38.6 Å². The highest BCUT2D eigenvalue weighted by atomic mass is 16.6. The summed E-state index contributed by atoms with van der Waals surface area (Å²) < 4.78 is 12.1. The Labute approximate surface area is 225 Å². The van der Waals surface area contributed by atoms with Crippen molar-refractivity contribution in [3.8, 4) is 0 Å². The summed E-state index contributed by atoms with van der Waals surface area (Å²) in [4.78, 5) is 45.0. The average Bonchev–Trinajstić information content (AvgIpc) is 3.53. The molecule has 206 valence electrons. The van der Waals surface area contributed by atoms with Crippen molar-refractivity contribution >= 4 is 23.5 Å². The van der Waals surface area contributed by atoms with Crippen molar-refractivity contribution < 1.29 is 29.0 Å². The lowest BCUT2D eigenvalue weighted by Gasteiger charge is -2.37. The zero-order valence-corrected chi connectivity index (χ0v) is 22.6. The summed E-state index contributed by atoms with van der Waals surface area (Å²) in [6.07, 6.45) is 6.57. The predicted molar refractivity (Wildman–Crippen MR) is 144 cm³/mol.